The fourth-order valence-corrected chi connectivity index (χ4v) is 4.98. The van der Waals surface area contributed by atoms with E-state index in [0.717, 1.165) is 12.8 Å². The van der Waals surface area contributed by atoms with E-state index in [1.54, 1.807) is 0 Å². The van der Waals surface area contributed by atoms with Crippen LogP contribution in [0.25, 0.3) is 0 Å². The number of rotatable bonds is 4. The van der Waals surface area contributed by atoms with E-state index in [0.29, 0.717) is 19.0 Å². The molecule has 116 valence electrons. The first kappa shape index (κ1) is 15.8. The largest absolute Gasteiger partial charge is 0.352 e. The number of amides is 1. The molecule has 2 fully saturated rings. The zero-order chi connectivity index (χ0) is 14.6. The lowest BCUT2D eigenvalue weighted by Crippen LogP contribution is -2.44. The van der Waals surface area contributed by atoms with Crippen molar-refractivity contribution in [1.82, 2.24) is 10.2 Å². The Labute approximate surface area is 122 Å². The van der Waals surface area contributed by atoms with E-state index in [9.17, 15) is 13.2 Å². The standard InChI is InChI=1S/C14H26N2O3S/c1-16(13-8-9-20(18,19)11-13)10-14(17)15-12-6-4-2-3-5-7-12/h12-13H,2-11H2,1H3,(H,15,17). The van der Waals surface area contributed by atoms with Crippen molar-refractivity contribution in [1.29, 1.82) is 0 Å². The first-order valence-corrected chi connectivity index (χ1v) is 9.48. The highest BCUT2D eigenvalue weighted by atomic mass is 32.2. The molecule has 2 rings (SSSR count). The second-order valence-corrected chi connectivity index (χ2v) is 8.46. The van der Waals surface area contributed by atoms with Gasteiger partial charge in [0.05, 0.1) is 18.1 Å². The third kappa shape index (κ3) is 4.74. The fourth-order valence-electron chi connectivity index (χ4n) is 3.18. The normalized spacial score (nSPS) is 27.4. The maximum Gasteiger partial charge on any atom is 0.234 e. The van der Waals surface area contributed by atoms with Crippen LogP contribution in [0, 0.1) is 0 Å². The second-order valence-electron chi connectivity index (χ2n) is 6.23. The number of carbonyl (C=O) groups is 1. The molecule has 0 spiro atoms. The Morgan fingerprint density at radius 3 is 2.35 bits per heavy atom. The Balaban J connectivity index is 1.76. The van der Waals surface area contributed by atoms with Crippen molar-refractivity contribution in [2.75, 3.05) is 25.1 Å². The third-order valence-corrected chi connectivity index (χ3v) is 6.20. The Bertz CT molecular complexity index is 428. The molecular weight excluding hydrogens is 276 g/mol. The van der Waals surface area contributed by atoms with E-state index in [2.05, 4.69) is 5.32 Å². The predicted molar refractivity (Wildman–Crippen MR) is 79.3 cm³/mol. The number of nitrogens with one attached hydrogen (secondary N) is 1. The topological polar surface area (TPSA) is 66.5 Å². The van der Waals surface area contributed by atoms with Crippen LogP contribution in [0.1, 0.15) is 44.9 Å². The average Bonchev–Trinajstić information content (AvgIpc) is 2.59. The van der Waals surface area contributed by atoms with Crippen LogP contribution >= 0.6 is 0 Å². The molecular formula is C14H26N2O3S. The van der Waals surface area contributed by atoms with Crippen molar-refractivity contribution in [2.24, 2.45) is 0 Å². The molecule has 1 amide bonds. The first-order valence-electron chi connectivity index (χ1n) is 7.66. The summed E-state index contributed by atoms with van der Waals surface area (Å²) in [5, 5.41) is 3.10. The molecule has 20 heavy (non-hydrogen) atoms. The van der Waals surface area contributed by atoms with Crippen LogP contribution in [0.15, 0.2) is 0 Å². The average molecular weight is 302 g/mol. The molecule has 0 aromatic rings. The lowest BCUT2D eigenvalue weighted by Gasteiger charge is -2.24. The molecule has 1 saturated carbocycles. The van der Waals surface area contributed by atoms with Crippen molar-refractivity contribution in [3.8, 4) is 0 Å². The van der Waals surface area contributed by atoms with Crippen LogP contribution in [-0.4, -0.2) is 56.4 Å². The first-order chi connectivity index (χ1) is 9.46. The lowest BCUT2D eigenvalue weighted by molar-refractivity contribution is -0.123. The van der Waals surface area contributed by atoms with Gasteiger partial charge in [-0.2, -0.15) is 0 Å². The van der Waals surface area contributed by atoms with Gasteiger partial charge in [0.25, 0.3) is 0 Å². The van der Waals surface area contributed by atoms with Crippen LogP contribution in [0.4, 0.5) is 0 Å². The molecule has 1 aliphatic heterocycles. The third-order valence-electron chi connectivity index (χ3n) is 4.45. The number of sulfone groups is 1. The number of nitrogens with zero attached hydrogens (tertiary/aromatic N) is 1. The summed E-state index contributed by atoms with van der Waals surface area (Å²) in [6.07, 6.45) is 7.73. The number of carbonyl (C=O) groups excluding carboxylic acids is 1. The zero-order valence-electron chi connectivity index (χ0n) is 12.3. The summed E-state index contributed by atoms with van der Waals surface area (Å²) >= 11 is 0. The number of hydrogen-bond acceptors (Lipinski definition) is 4. The molecule has 2 aliphatic rings. The SMILES string of the molecule is CN(CC(=O)NC1CCCCCC1)C1CCS(=O)(=O)C1. The molecule has 1 aliphatic carbocycles. The quantitative estimate of drug-likeness (QED) is 0.785. The van der Waals surface area contributed by atoms with Gasteiger partial charge in [0.15, 0.2) is 9.84 Å². The minimum Gasteiger partial charge on any atom is -0.352 e. The Hall–Kier alpha value is -0.620. The van der Waals surface area contributed by atoms with E-state index in [4.69, 9.17) is 0 Å². The van der Waals surface area contributed by atoms with E-state index >= 15 is 0 Å². The van der Waals surface area contributed by atoms with Gasteiger partial charge in [-0.05, 0) is 26.3 Å². The van der Waals surface area contributed by atoms with Crippen molar-refractivity contribution >= 4 is 15.7 Å². The van der Waals surface area contributed by atoms with Gasteiger partial charge < -0.3 is 5.32 Å². The maximum atomic E-state index is 12.0. The van der Waals surface area contributed by atoms with Gasteiger partial charge in [0.2, 0.25) is 5.91 Å². The summed E-state index contributed by atoms with van der Waals surface area (Å²) in [4.78, 5) is 13.9. The van der Waals surface area contributed by atoms with E-state index in [1.807, 2.05) is 11.9 Å². The van der Waals surface area contributed by atoms with E-state index in [1.165, 1.54) is 25.7 Å². The maximum absolute atomic E-state index is 12.0. The minimum atomic E-state index is -2.88. The molecule has 6 heteroatoms. The molecule has 1 heterocycles. The molecule has 5 nitrogen and oxygen atoms in total. The van der Waals surface area contributed by atoms with Crippen LogP contribution in [0.3, 0.4) is 0 Å². The van der Waals surface area contributed by atoms with Crippen molar-refractivity contribution in [2.45, 2.75) is 57.0 Å². The molecule has 1 atom stereocenters. The highest BCUT2D eigenvalue weighted by molar-refractivity contribution is 7.91. The number of hydrogen-bond donors (Lipinski definition) is 1. The van der Waals surface area contributed by atoms with Gasteiger partial charge in [-0.25, -0.2) is 8.42 Å². The Kier molecular flexibility index (Phi) is 5.43. The van der Waals surface area contributed by atoms with Gasteiger partial charge in [-0.3, -0.25) is 9.69 Å². The molecule has 1 N–H and O–H groups in total. The van der Waals surface area contributed by atoms with E-state index in [-0.39, 0.29) is 23.5 Å². The van der Waals surface area contributed by atoms with Crippen molar-refractivity contribution in [3.05, 3.63) is 0 Å². The molecule has 0 radical (unpaired) electrons. The summed E-state index contributed by atoms with van der Waals surface area (Å²) in [6, 6.07) is 0.311. The van der Waals surface area contributed by atoms with Crippen LogP contribution in [0.2, 0.25) is 0 Å². The Morgan fingerprint density at radius 1 is 1.15 bits per heavy atom. The lowest BCUT2D eigenvalue weighted by atomic mass is 10.1. The van der Waals surface area contributed by atoms with Crippen molar-refractivity contribution in [3.63, 3.8) is 0 Å². The number of likely N-dealkylation sites (N-methyl/N-ethyl adjacent to an activating group) is 1. The molecule has 1 unspecified atom stereocenters. The summed E-state index contributed by atoms with van der Waals surface area (Å²) in [5.41, 5.74) is 0. The van der Waals surface area contributed by atoms with Gasteiger partial charge in [-0.1, -0.05) is 25.7 Å². The van der Waals surface area contributed by atoms with Gasteiger partial charge >= 0.3 is 0 Å². The zero-order valence-corrected chi connectivity index (χ0v) is 13.1. The molecule has 0 aromatic carbocycles. The monoisotopic (exact) mass is 302 g/mol. The van der Waals surface area contributed by atoms with Crippen molar-refractivity contribution < 1.29 is 13.2 Å². The fraction of sp³-hybridized carbons (Fsp3) is 0.929. The summed E-state index contributed by atoms with van der Waals surface area (Å²) in [5.74, 6) is 0.482. The summed E-state index contributed by atoms with van der Waals surface area (Å²) in [7, 11) is -1.04. The van der Waals surface area contributed by atoms with Gasteiger partial charge in [0, 0.05) is 12.1 Å². The van der Waals surface area contributed by atoms with Crippen LogP contribution < -0.4 is 5.32 Å². The molecule has 0 bridgehead atoms. The van der Waals surface area contributed by atoms with Gasteiger partial charge in [-0.15, -0.1) is 0 Å². The Morgan fingerprint density at radius 2 is 1.80 bits per heavy atom. The van der Waals surface area contributed by atoms with Crippen LogP contribution in [0.5, 0.6) is 0 Å². The highest BCUT2D eigenvalue weighted by Crippen LogP contribution is 2.18. The summed E-state index contributed by atoms with van der Waals surface area (Å²) < 4.78 is 22.9. The smallest absolute Gasteiger partial charge is 0.234 e. The molecule has 1 saturated heterocycles. The molecule has 0 aromatic heterocycles. The van der Waals surface area contributed by atoms with Gasteiger partial charge in [0.1, 0.15) is 0 Å². The van der Waals surface area contributed by atoms with Crippen LogP contribution in [-0.2, 0) is 14.6 Å². The van der Waals surface area contributed by atoms with E-state index < -0.39 is 9.84 Å². The summed E-state index contributed by atoms with van der Waals surface area (Å²) in [6.45, 7) is 0.302. The minimum absolute atomic E-state index is 0.000108. The predicted octanol–water partition coefficient (Wildman–Crippen LogP) is 0.944. The second kappa shape index (κ2) is 6.89. The highest BCUT2D eigenvalue weighted by Gasteiger charge is 2.31.